The molecule has 22 heavy (non-hydrogen) atoms. The number of aromatic nitrogens is 1. The molecule has 0 amide bonds. The van der Waals surface area contributed by atoms with Crippen LogP contribution in [0, 0.1) is 6.92 Å². The van der Waals surface area contributed by atoms with Crippen LogP contribution in [-0.2, 0) is 6.42 Å². The molecule has 0 fully saturated rings. The van der Waals surface area contributed by atoms with Crippen molar-refractivity contribution in [2.45, 2.75) is 33.6 Å². The topological polar surface area (TPSA) is 89.6 Å². The first-order valence-electron chi connectivity index (χ1n) is 7.21. The van der Waals surface area contributed by atoms with Gasteiger partial charge in [-0.15, -0.1) is 16.4 Å². The van der Waals surface area contributed by atoms with E-state index in [4.69, 9.17) is 11.5 Å². The number of nitrogens with two attached hydrogens (primary N) is 2. The lowest BCUT2D eigenvalue weighted by Crippen LogP contribution is -2.22. The third-order valence-corrected chi connectivity index (χ3v) is 4.50. The van der Waals surface area contributed by atoms with Crippen molar-refractivity contribution in [2.24, 2.45) is 21.7 Å². The first-order valence-corrected chi connectivity index (χ1v) is 8.03. The second-order valence-corrected chi connectivity index (χ2v) is 6.09. The molecule has 4 N–H and O–H groups in total. The lowest BCUT2D eigenvalue weighted by Gasteiger charge is -2.00. The summed E-state index contributed by atoms with van der Waals surface area (Å²) in [6.07, 6.45) is 2.26. The molecule has 0 aliphatic carbocycles. The molecule has 2 aromatic rings. The maximum atomic E-state index is 5.30. The van der Waals surface area contributed by atoms with E-state index in [9.17, 15) is 0 Å². The molecule has 0 radical (unpaired) electrons. The van der Waals surface area contributed by atoms with Crippen LogP contribution in [0.1, 0.15) is 36.4 Å². The van der Waals surface area contributed by atoms with Crippen molar-refractivity contribution in [2.75, 3.05) is 0 Å². The van der Waals surface area contributed by atoms with Crippen molar-refractivity contribution in [1.29, 1.82) is 0 Å². The van der Waals surface area contributed by atoms with E-state index in [-0.39, 0.29) is 5.96 Å². The molecule has 1 aromatic heterocycles. The van der Waals surface area contributed by atoms with E-state index >= 15 is 0 Å². The number of hydrogen-bond donors (Lipinski definition) is 2. The number of aryl methyl sites for hydroxylation is 2. The van der Waals surface area contributed by atoms with E-state index in [0.717, 1.165) is 39.7 Å². The molecule has 116 valence electrons. The van der Waals surface area contributed by atoms with Gasteiger partial charge in [0.25, 0.3) is 0 Å². The van der Waals surface area contributed by atoms with Gasteiger partial charge in [-0.25, -0.2) is 4.98 Å². The summed E-state index contributed by atoms with van der Waals surface area (Å²) >= 11 is 1.60. The van der Waals surface area contributed by atoms with Gasteiger partial charge in [-0.3, -0.25) is 0 Å². The van der Waals surface area contributed by atoms with Gasteiger partial charge in [0.2, 0.25) is 5.96 Å². The zero-order chi connectivity index (χ0) is 16.1. The van der Waals surface area contributed by atoms with Crippen molar-refractivity contribution in [3.8, 4) is 10.6 Å². The fourth-order valence-electron chi connectivity index (χ4n) is 2.14. The van der Waals surface area contributed by atoms with Crippen molar-refractivity contribution in [3.63, 3.8) is 0 Å². The summed E-state index contributed by atoms with van der Waals surface area (Å²) in [6.45, 7) is 6.03. The average Bonchev–Trinajstić information content (AvgIpc) is 2.88. The number of hydrogen-bond acceptors (Lipinski definition) is 4. The molecule has 0 saturated carbocycles. The molecule has 0 bridgehead atoms. The highest BCUT2D eigenvalue weighted by Gasteiger charge is 2.12. The second-order valence-electron chi connectivity index (χ2n) is 5.09. The van der Waals surface area contributed by atoms with Crippen molar-refractivity contribution < 1.29 is 0 Å². The fraction of sp³-hybridized carbons (Fsp3) is 0.312. The van der Waals surface area contributed by atoms with Gasteiger partial charge >= 0.3 is 0 Å². The molecule has 1 heterocycles. The molecule has 6 heteroatoms. The standard InChI is InChI=1S/C16H21N5S/c1-4-5-12-6-8-13(9-7-12)15-19-10(2)14(22-15)11(3)20-21-16(17)18/h6-9H,4-5H2,1-3H3,(H4,17,18,21)/b20-11-. The molecule has 0 aliphatic rings. The third kappa shape index (κ3) is 3.92. The van der Waals surface area contributed by atoms with Crippen LogP contribution < -0.4 is 11.5 Å². The maximum absolute atomic E-state index is 5.30. The van der Waals surface area contributed by atoms with Gasteiger partial charge < -0.3 is 11.5 Å². The average molecular weight is 315 g/mol. The van der Waals surface area contributed by atoms with Crippen molar-refractivity contribution in [1.82, 2.24) is 4.98 Å². The lowest BCUT2D eigenvalue weighted by molar-refractivity contribution is 0.922. The second kappa shape index (κ2) is 7.17. The Morgan fingerprint density at radius 1 is 1.18 bits per heavy atom. The number of nitrogens with zero attached hydrogens (tertiary/aromatic N) is 3. The zero-order valence-electron chi connectivity index (χ0n) is 13.1. The number of rotatable bonds is 5. The van der Waals surface area contributed by atoms with E-state index in [2.05, 4.69) is 46.4 Å². The third-order valence-electron chi connectivity index (χ3n) is 3.18. The minimum absolute atomic E-state index is 0.0479. The fourth-order valence-corrected chi connectivity index (χ4v) is 3.15. The van der Waals surface area contributed by atoms with Crippen LogP contribution in [-0.4, -0.2) is 16.7 Å². The quantitative estimate of drug-likeness (QED) is 0.505. The van der Waals surface area contributed by atoms with Gasteiger partial charge in [-0.2, -0.15) is 5.10 Å². The summed E-state index contributed by atoms with van der Waals surface area (Å²) < 4.78 is 0. The summed E-state index contributed by atoms with van der Waals surface area (Å²) in [7, 11) is 0. The van der Waals surface area contributed by atoms with Crippen LogP contribution >= 0.6 is 11.3 Å². The summed E-state index contributed by atoms with van der Waals surface area (Å²) in [4.78, 5) is 5.63. The van der Waals surface area contributed by atoms with Gasteiger partial charge in [0.15, 0.2) is 0 Å². The predicted molar refractivity (Wildman–Crippen MR) is 94.3 cm³/mol. The summed E-state index contributed by atoms with van der Waals surface area (Å²) in [6, 6.07) is 8.57. The van der Waals surface area contributed by atoms with E-state index < -0.39 is 0 Å². The Bertz CT molecular complexity index is 694. The highest BCUT2D eigenvalue weighted by molar-refractivity contribution is 7.17. The number of thiazole rings is 1. The number of benzene rings is 1. The Morgan fingerprint density at radius 3 is 2.45 bits per heavy atom. The first-order chi connectivity index (χ1) is 10.5. The van der Waals surface area contributed by atoms with Crippen LogP contribution in [0.4, 0.5) is 0 Å². The maximum Gasteiger partial charge on any atom is 0.211 e. The smallest absolute Gasteiger partial charge is 0.211 e. The first kappa shape index (κ1) is 16.2. The normalized spacial score (nSPS) is 11.5. The van der Waals surface area contributed by atoms with Crippen LogP contribution in [0.3, 0.4) is 0 Å². The van der Waals surface area contributed by atoms with Crippen LogP contribution in [0.15, 0.2) is 34.5 Å². The molecule has 0 aliphatic heterocycles. The summed E-state index contributed by atoms with van der Waals surface area (Å²) in [5.41, 5.74) is 14.8. The Balaban J connectivity index is 2.29. The van der Waals surface area contributed by atoms with Crippen molar-refractivity contribution >= 4 is 23.0 Å². The SMILES string of the molecule is CCCc1ccc(-c2nc(C)c(/C(C)=N\N=C(N)N)s2)cc1. The summed E-state index contributed by atoms with van der Waals surface area (Å²) in [5, 5.41) is 8.70. The molecule has 0 saturated heterocycles. The molecular formula is C16H21N5S. The van der Waals surface area contributed by atoms with E-state index in [0.29, 0.717) is 0 Å². The minimum atomic E-state index is -0.0479. The van der Waals surface area contributed by atoms with Gasteiger partial charge in [0.05, 0.1) is 16.3 Å². The van der Waals surface area contributed by atoms with Gasteiger partial charge in [-0.05, 0) is 25.8 Å². The molecule has 1 aromatic carbocycles. The van der Waals surface area contributed by atoms with E-state index in [1.807, 2.05) is 13.8 Å². The molecule has 0 unspecified atom stereocenters. The monoisotopic (exact) mass is 315 g/mol. The molecule has 0 atom stereocenters. The lowest BCUT2D eigenvalue weighted by atomic mass is 10.1. The Hall–Kier alpha value is -2.21. The Morgan fingerprint density at radius 2 is 1.86 bits per heavy atom. The van der Waals surface area contributed by atoms with E-state index in [1.165, 1.54) is 5.56 Å². The molecule has 5 nitrogen and oxygen atoms in total. The van der Waals surface area contributed by atoms with Gasteiger partial charge in [-0.1, -0.05) is 37.6 Å². The molecular weight excluding hydrogens is 294 g/mol. The van der Waals surface area contributed by atoms with Crippen LogP contribution in [0.25, 0.3) is 10.6 Å². The van der Waals surface area contributed by atoms with Crippen molar-refractivity contribution in [3.05, 3.63) is 40.4 Å². The predicted octanol–water partition coefficient (Wildman–Crippen LogP) is 3.07. The Labute approximate surface area is 134 Å². The van der Waals surface area contributed by atoms with Gasteiger partial charge in [0, 0.05) is 5.56 Å². The highest BCUT2D eigenvalue weighted by atomic mass is 32.1. The zero-order valence-corrected chi connectivity index (χ0v) is 13.9. The van der Waals surface area contributed by atoms with Gasteiger partial charge in [0.1, 0.15) is 5.01 Å². The Kier molecular flexibility index (Phi) is 5.27. The van der Waals surface area contributed by atoms with Crippen LogP contribution in [0.5, 0.6) is 0 Å². The summed E-state index contributed by atoms with van der Waals surface area (Å²) in [5.74, 6) is -0.0479. The number of guanidine groups is 1. The van der Waals surface area contributed by atoms with E-state index in [1.54, 1.807) is 11.3 Å². The molecule has 2 rings (SSSR count). The minimum Gasteiger partial charge on any atom is -0.369 e. The van der Waals surface area contributed by atoms with Crippen LogP contribution in [0.2, 0.25) is 0 Å². The highest BCUT2D eigenvalue weighted by Crippen LogP contribution is 2.28. The largest absolute Gasteiger partial charge is 0.369 e. The molecule has 0 spiro atoms.